The monoisotopic (exact) mass is 419 g/mol. The molecule has 4 bridgehead atoms. The Hall–Kier alpha value is -1.15. The zero-order chi connectivity index (χ0) is 20.4. The molecule has 4 aliphatic carbocycles. The molecule has 0 saturated heterocycles. The van der Waals surface area contributed by atoms with E-state index in [4.69, 9.17) is 4.84 Å². The zero-order valence-corrected chi connectivity index (χ0v) is 17.4. The Bertz CT molecular complexity index is 729. The smallest absolute Gasteiger partial charge is 0.224 e. The van der Waals surface area contributed by atoms with Gasteiger partial charge in [-0.15, -0.1) is 5.06 Å². The molecular weight excluding hydrogens is 393 g/mol. The van der Waals surface area contributed by atoms with Gasteiger partial charge in [-0.25, -0.2) is 13.2 Å². The largest absolute Gasteiger partial charge is 0.399 e. The molecule has 0 N–H and O–H groups in total. The van der Waals surface area contributed by atoms with Crippen LogP contribution >= 0.6 is 0 Å². The van der Waals surface area contributed by atoms with Crippen LogP contribution in [0.3, 0.4) is 0 Å². The molecule has 0 aliphatic heterocycles. The van der Waals surface area contributed by atoms with Gasteiger partial charge in [-0.05, 0) is 56.3 Å². The molecule has 0 heterocycles. The minimum absolute atomic E-state index is 0.380. The summed E-state index contributed by atoms with van der Waals surface area (Å²) < 4.78 is 69.4. The topological polar surface area (TPSA) is 12.5 Å². The van der Waals surface area contributed by atoms with E-state index in [0.29, 0.717) is 23.9 Å². The molecule has 1 aromatic rings. The zero-order valence-electron chi connectivity index (χ0n) is 16.4. The molecule has 156 valence electrons. The Labute approximate surface area is 163 Å². The van der Waals surface area contributed by atoms with Crippen molar-refractivity contribution >= 4 is 8.07 Å². The van der Waals surface area contributed by atoms with Gasteiger partial charge in [-0.3, -0.25) is 0 Å². The summed E-state index contributed by atoms with van der Waals surface area (Å²) in [7, 11) is -1.80. The Kier molecular flexibility index (Phi) is 4.81. The Balaban J connectivity index is 1.73. The third-order valence-electron chi connectivity index (χ3n) is 6.52. The third-order valence-corrected chi connectivity index (χ3v) is 7.76. The lowest BCUT2D eigenvalue weighted by Crippen LogP contribution is -2.63. The number of rotatable bonds is 5. The average Bonchev–Trinajstić information content (AvgIpc) is 2.59. The van der Waals surface area contributed by atoms with Crippen LogP contribution in [0.4, 0.5) is 22.0 Å². The number of halogens is 5. The van der Waals surface area contributed by atoms with Crippen LogP contribution in [0.1, 0.15) is 38.5 Å². The van der Waals surface area contributed by atoms with E-state index in [1.54, 1.807) is 5.06 Å². The fraction of sp³-hybridized carbons (Fsp3) is 0.700. The van der Waals surface area contributed by atoms with Crippen molar-refractivity contribution in [3.05, 3.63) is 29.1 Å². The second kappa shape index (κ2) is 6.69. The number of nitrogens with zero attached hydrogens (tertiary/aromatic N) is 1. The third kappa shape index (κ3) is 3.36. The first-order valence-corrected chi connectivity index (χ1v) is 13.7. The van der Waals surface area contributed by atoms with E-state index in [1.807, 2.05) is 0 Å². The number of hydrogen-bond donors (Lipinski definition) is 0. The molecule has 28 heavy (non-hydrogen) atoms. The molecule has 2 nitrogen and oxygen atoms in total. The van der Waals surface area contributed by atoms with Crippen LogP contribution in [0.25, 0.3) is 0 Å². The summed E-state index contributed by atoms with van der Waals surface area (Å²) in [6.45, 7) is 6.30. The summed E-state index contributed by atoms with van der Waals surface area (Å²) in [5.41, 5.74) is -0.380. The molecule has 0 unspecified atom stereocenters. The van der Waals surface area contributed by atoms with Gasteiger partial charge in [0, 0.05) is 6.17 Å². The molecule has 0 aromatic heterocycles. The van der Waals surface area contributed by atoms with Gasteiger partial charge in [0.2, 0.25) is 34.8 Å². The summed E-state index contributed by atoms with van der Waals surface area (Å²) >= 11 is 0. The van der Waals surface area contributed by atoms with Crippen LogP contribution < -0.4 is 4.84 Å². The molecular formula is C20H26F5NOSi. The van der Waals surface area contributed by atoms with Gasteiger partial charge < -0.3 is 4.84 Å². The second-order valence-corrected chi connectivity index (χ2v) is 15.7. The maximum Gasteiger partial charge on any atom is 0.224 e. The molecule has 0 radical (unpaired) electrons. The van der Waals surface area contributed by atoms with E-state index in [1.165, 1.54) is 19.3 Å². The number of hydrogen-bond acceptors (Lipinski definition) is 2. The first-order chi connectivity index (χ1) is 13.0. The van der Waals surface area contributed by atoms with E-state index < -0.39 is 42.9 Å². The molecule has 4 saturated carbocycles. The Morgan fingerprint density at radius 2 is 1.18 bits per heavy atom. The van der Waals surface area contributed by atoms with Crippen molar-refractivity contribution in [2.24, 2.45) is 17.8 Å². The van der Waals surface area contributed by atoms with Gasteiger partial charge in [0.05, 0.1) is 13.6 Å². The molecule has 8 heteroatoms. The van der Waals surface area contributed by atoms with Gasteiger partial charge in [-0.1, -0.05) is 19.6 Å². The van der Waals surface area contributed by atoms with E-state index in [2.05, 4.69) is 19.6 Å². The van der Waals surface area contributed by atoms with E-state index in [9.17, 15) is 22.0 Å². The lowest BCUT2D eigenvalue weighted by molar-refractivity contribution is -0.201. The number of hydroxylamine groups is 2. The summed E-state index contributed by atoms with van der Waals surface area (Å²) in [5.74, 6) is -9.41. The summed E-state index contributed by atoms with van der Waals surface area (Å²) in [4.78, 5) is 5.62. The highest BCUT2D eigenvalue weighted by molar-refractivity contribution is 6.76. The standard InChI is InChI=1S/C20H26F5NOSi/c1-28(2,3)10-26(20-7-11-4-12(8-20)6-13(5-11)9-20)27-19-17(24)15(22)14(21)16(23)18(19)25/h11-13H,4-10H2,1-3H3. The maximum absolute atomic E-state index is 14.3. The highest BCUT2D eigenvalue weighted by Crippen LogP contribution is 2.58. The lowest BCUT2D eigenvalue weighted by Gasteiger charge is -2.60. The van der Waals surface area contributed by atoms with Crippen molar-refractivity contribution in [2.75, 3.05) is 6.17 Å². The van der Waals surface area contributed by atoms with Crippen LogP contribution in [0.15, 0.2) is 0 Å². The minimum Gasteiger partial charge on any atom is -0.399 e. The summed E-state index contributed by atoms with van der Waals surface area (Å²) in [6, 6.07) is 0. The molecule has 0 atom stereocenters. The van der Waals surface area contributed by atoms with Crippen molar-refractivity contribution in [3.8, 4) is 5.75 Å². The van der Waals surface area contributed by atoms with E-state index >= 15 is 0 Å². The van der Waals surface area contributed by atoms with Gasteiger partial charge >= 0.3 is 0 Å². The highest BCUT2D eigenvalue weighted by Gasteiger charge is 2.55. The molecule has 4 aliphatic rings. The SMILES string of the molecule is C[Si](C)(C)CN(Oc1c(F)c(F)c(F)c(F)c1F)C12CC3CC(CC(C3)C1)C2. The molecule has 5 rings (SSSR count). The fourth-order valence-corrected chi connectivity index (χ4v) is 7.13. The van der Waals surface area contributed by atoms with Crippen LogP contribution in [-0.2, 0) is 0 Å². The van der Waals surface area contributed by atoms with Gasteiger partial charge in [0.1, 0.15) is 0 Å². The molecule has 0 amide bonds. The van der Waals surface area contributed by atoms with Crippen LogP contribution in [0, 0.1) is 46.8 Å². The first kappa shape index (κ1) is 20.1. The lowest BCUT2D eigenvalue weighted by atomic mass is 9.53. The predicted octanol–water partition coefficient (Wildman–Crippen LogP) is 5.82. The summed E-state index contributed by atoms with van der Waals surface area (Å²) in [5, 5.41) is 1.61. The minimum atomic E-state index is -2.16. The van der Waals surface area contributed by atoms with Crippen molar-refractivity contribution in [2.45, 2.75) is 63.7 Å². The molecule has 4 fully saturated rings. The Morgan fingerprint density at radius 3 is 1.57 bits per heavy atom. The number of benzene rings is 1. The van der Waals surface area contributed by atoms with E-state index in [-0.39, 0.29) is 5.54 Å². The average molecular weight is 420 g/mol. The quantitative estimate of drug-likeness (QED) is 0.196. The van der Waals surface area contributed by atoms with Crippen molar-refractivity contribution < 1.29 is 26.8 Å². The van der Waals surface area contributed by atoms with Crippen LogP contribution in [0.5, 0.6) is 5.75 Å². The molecule has 0 spiro atoms. The second-order valence-electron chi connectivity index (χ2n) is 10.2. The first-order valence-electron chi connectivity index (χ1n) is 9.96. The summed E-state index contributed by atoms with van der Waals surface area (Å²) in [6.07, 6.45) is 6.56. The van der Waals surface area contributed by atoms with Gasteiger partial charge in [0.25, 0.3) is 0 Å². The molecule has 1 aromatic carbocycles. The predicted molar refractivity (Wildman–Crippen MR) is 97.8 cm³/mol. The fourth-order valence-electron chi connectivity index (χ4n) is 5.87. The maximum atomic E-state index is 14.3. The Morgan fingerprint density at radius 1 is 0.786 bits per heavy atom. The van der Waals surface area contributed by atoms with Crippen molar-refractivity contribution in [1.82, 2.24) is 5.06 Å². The van der Waals surface area contributed by atoms with E-state index in [0.717, 1.165) is 19.3 Å². The van der Waals surface area contributed by atoms with Gasteiger partial charge in [0.15, 0.2) is 0 Å². The van der Waals surface area contributed by atoms with Crippen molar-refractivity contribution in [3.63, 3.8) is 0 Å². The van der Waals surface area contributed by atoms with Crippen LogP contribution in [0.2, 0.25) is 19.6 Å². The highest BCUT2D eigenvalue weighted by atomic mass is 28.3. The van der Waals surface area contributed by atoms with Gasteiger partial charge in [-0.2, -0.15) is 8.78 Å². The normalized spacial score (nSPS) is 31.7. The van der Waals surface area contributed by atoms with Crippen molar-refractivity contribution in [1.29, 1.82) is 0 Å². The van der Waals surface area contributed by atoms with Crippen LogP contribution in [-0.4, -0.2) is 24.8 Å².